The quantitative estimate of drug-likeness (QED) is 0.0698. The van der Waals surface area contributed by atoms with Crippen molar-refractivity contribution in [2.24, 2.45) is 0 Å². The largest absolute Gasteiger partial charge is 0.505 e. The smallest absolute Gasteiger partial charge is 0.450 e. The zero-order valence-corrected chi connectivity index (χ0v) is 23.1. The van der Waals surface area contributed by atoms with E-state index in [9.17, 15) is 19.6 Å². The summed E-state index contributed by atoms with van der Waals surface area (Å²) >= 11 is 0. The Morgan fingerprint density at radius 1 is 0.784 bits per heavy atom. The number of aliphatic hydroxyl groups excluding tert-OH is 2. The average Bonchev–Trinajstić information content (AvgIpc) is 2.83. The molecule has 0 aliphatic carbocycles. The topological polar surface area (TPSA) is 172 Å². The van der Waals surface area contributed by atoms with Crippen LogP contribution < -0.4 is 0 Å². The summed E-state index contributed by atoms with van der Waals surface area (Å²) in [6.07, 6.45) is 10.1. The van der Waals surface area contributed by atoms with E-state index in [2.05, 4.69) is 16.2 Å². The predicted molar refractivity (Wildman–Crippen MR) is 137 cm³/mol. The van der Waals surface area contributed by atoms with Gasteiger partial charge in [-0.3, -0.25) is 4.52 Å². The van der Waals surface area contributed by atoms with Crippen LogP contribution in [0, 0.1) is 0 Å². The third-order valence-corrected chi connectivity index (χ3v) is 7.07. The fourth-order valence-corrected chi connectivity index (χ4v) is 4.99. The van der Waals surface area contributed by atoms with Gasteiger partial charge in [-0.15, -0.1) is 0 Å². The number of phosphoric ester groups is 1. The molecule has 0 spiro atoms. The molecule has 0 amide bonds. The summed E-state index contributed by atoms with van der Waals surface area (Å²) in [5.41, 5.74) is 0. The van der Waals surface area contributed by atoms with Crippen LogP contribution in [-0.4, -0.2) is 75.2 Å². The van der Waals surface area contributed by atoms with Gasteiger partial charge in [-0.05, 0) is 6.42 Å². The molecule has 37 heavy (non-hydrogen) atoms. The molecule has 1 rings (SSSR count). The summed E-state index contributed by atoms with van der Waals surface area (Å²) in [7, 11) is -5.02. The molecule has 0 radical (unpaired) electrons. The van der Waals surface area contributed by atoms with Crippen molar-refractivity contribution in [3.05, 3.63) is 0 Å². The molecule has 12 heteroatoms. The lowest BCUT2D eigenvalue weighted by molar-refractivity contribution is -0.297. The number of unbranched alkanes of at least 4 members (excludes halogenated alkanes) is 15. The summed E-state index contributed by atoms with van der Waals surface area (Å²) < 4.78 is 31.2. The van der Waals surface area contributed by atoms with Gasteiger partial charge in [0.1, 0.15) is 31.0 Å². The van der Waals surface area contributed by atoms with Gasteiger partial charge in [0, 0.05) is 6.61 Å². The van der Waals surface area contributed by atoms with Crippen LogP contribution >= 0.6 is 7.82 Å². The second kappa shape index (κ2) is 20.2. The first-order valence-corrected chi connectivity index (χ1v) is 15.4. The standard InChI is InChI=1S/C25H49O11P/c1-2-3-4-5-6-7-8-9-10-11-12-13-14-15-16-17-18-33-24-23(36-37(30,31)32)22(27)21(26)20(35-24)19-34-25(28)29/h20-24,26-27H,2-19H2,1H3,(H,28,29)(H2,30,31,32)/t20-,21-,22+,23-,24+/m1/s1. The zero-order chi connectivity index (χ0) is 27.5. The van der Waals surface area contributed by atoms with E-state index < -0.39 is 51.3 Å². The number of ether oxygens (including phenoxy) is 3. The number of rotatable bonds is 22. The van der Waals surface area contributed by atoms with E-state index in [0.717, 1.165) is 19.3 Å². The Morgan fingerprint density at radius 2 is 1.24 bits per heavy atom. The van der Waals surface area contributed by atoms with Gasteiger partial charge in [-0.2, -0.15) is 0 Å². The number of phosphoric acid groups is 1. The molecule has 0 aromatic rings. The van der Waals surface area contributed by atoms with E-state index in [1.54, 1.807) is 0 Å². The highest BCUT2D eigenvalue weighted by Gasteiger charge is 2.48. The molecule has 0 aromatic carbocycles. The van der Waals surface area contributed by atoms with Crippen molar-refractivity contribution < 1.29 is 53.2 Å². The number of carboxylic acid groups (broad SMARTS) is 1. The third-order valence-electron chi connectivity index (χ3n) is 6.55. The highest BCUT2D eigenvalue weighted by atomic mass is 31.2. The van der Waals surface area contributed by atoms with Gasteiger partial charge in [0.15, 0.2) is 6.29 Å². The Bertz CT molecular complexity index is 630. The van der Waals surface area contributed by atoms with Crippen molar-refractivity contribution in [2.45, 2.75) is 140 Å². The molecule has 11 nitrogen and oxygen atoms in total. The molecule has 1 saturated heterocycles. The highest BCUT2D eigenvalue weighted by Crippen LogP contribution is 2.41. The van der Waals surface area contributed by atoms with Gasteiger partial charge in [-0.25, -0.2) is 9.36 Å². The van der Waals surface area contributed by atoms with Gasteiger partial charge in [0.25, 0.3) is 0 Å². The first-order chi connectivity index (χ1) is 17.7. The minimum absolute atomic E-state index is 0.180. The Hall–Kier alpha value is -0.780. The van der Waals surface area contributed by atoms with Crippen molar-refractivity contribution in [3.8, 4) is 0 Å². The number of aliphatic hydroxyl groups is 2. The second-order valence-electron chi connectivity index (χ2n) is 9.84. The average molecular weight is 557 g/mol. The molecule has 1 fully saturated rings. The SMILES string of the molecule is CCCCCCCCCCCCCCCCCCO[C@H]1O[C@H](COC(=O)O)[C@@H](O)[C@H](O)[C@H]1OP(=O)(O)O. The molecule has 0 aromatic heterocycles. The van der Waals surface area contributed by atoms with E-state index in [1.807, 2.05) is 0 Å². The van der Waals surface area contributed by atoms with Crippen molar-refractivity contribution in [1.29, 1.82) is 0 Å². The lowest BCUT2D eigenvalue weighted by Crippen LogP contribution is -2.60. The van der Waals surface area contributed by atoms with Crippen LogP contribution in [-0.2, 0) is 23.3 Å². The normalized spacial score (nSPS) is 24.3. The second-order valence-corrected chi connectivity index (χ2v) is 11.0. The van der Waals surface area contributed by atoms with E-state index in [0.29, 0.717) is 6.42 Å². The summed E-state index contributed by atoms with van der Waals surface area (Å²) in [5, 5.41) is 29.0. The Morgan fingerprint density at radius 3 is 1.68 bits per heavy atom. The maximum Gasteiger partial charge on any atom is 0.505 e. The minimum atomic E-state index is -5.02. The van der Waals surface area contributed by atoms with Crippen LogP contribution in [0.1, 0.15) is 110 Å². The first-order valence-electron chi connectivity index (χ1n) is 13.9. The molecule has 5 atom stereocenters. The Kier molecular flexibility index (Phi) is 18.7. The molecular weight excluding hydrogens is 507 g/mol. The zero-order valence-electron chi connectivity index (χ0n) is 22.2. The maximum absolute atomic E-state index is 11.3. The number of hydrogen-bond acceptors (Lipinski definition) is 8. The molecule has 5 N–H and O–H groups in total. The molecule has 0 unspecified atom stereocenters. The Balaban J connectivity index is 2.18. The van der Waals surface area contributed by atoms with E-state index in [1.165, 1.54) is 77.0 Å². The first kappa shape index (κ1) is 34.2. The number of hydrogen-bond donors (Lipinski definition) is 5. The summed E-state index contributed by atoms with van der Waals surface area (Å²) in [4.78, 5) is 28.9. The van der Waals surface area contributed by atoms with Crippen LogP contribution in [0.5, 0.6) is 0 Å². The van der Waals surface area contributed by atoms with Crippen molar-refractivity contribution in [3.63, 3.8) is 0 Å². The minimum Gasteiger partial charge on any atom is -0.450 e. The van der Waals surface area contributed by atoms with Crippen LogP contribution in [0.4, 0.5) is 4.79 Å². The van der Waals surface area contributed by atoms with Crippen molar-refractivity contribution in [1.82, 2.24) is 0 Å². The van der Waals surface area contributed by atoms with Crippen LogP contribution in [0.25, 0.3) is 0 Å². The predicted octanol–water partition coefficient (Wildman–Crippen LogP) is 4.88. The van der Waals surface area contributed by atoms with Crippen LogP contribution in [0.2, 0.25) is 0 Å². The summed E-state index contributed by atoms with van der Waals surface area (Å²) in [5.74, 6) is 0. The molecule has 1 aliphatic heterocycles. The molecule has 1 aliphatic rings. The van der Waals surface area contributed by atoms with Gasteiger partial charge in [0.05, 0.1) is 0 Å². The molecule has 0 saturated carbocycles. The maximum atomic E-state index is 11.3. The van der Waals surface area contributed by atoms with Crippen molar-refractivity contribution >= 4 is 14.0 Å². The fourth-order valence-electron chi connectivity index (χ4n) is 4.45. The van der Waals surface area contributed by atoms with Gasteiger partial charge < -0.3 is 39.3 Å². The summed E-state index contributed by atoms with van der Waals surface area (Å²) in [6, 6.07) is 0. The van der Waals surface area contributed by atoms with Gasteiger partial charge >= 0.3 is 14.0 Å². The lowest BCUT2D eigenvalue weighted by atomic mass is 9.99. The van der Waals surface area contributed by atoms with Gasteiger partial charge in [0.2, 0.25) is 0 Å². The molecule has 1 heterocycles. The van der Waals surface area contributed by atoms with Crippen molar-refractivity contribution in [2.75, 3.05) is 13.2 Å². The third kappa shape index (κ3) is 16.7. The van der Waals surface area contributed by atoms with Crippen LogP contribution in [0.15, 0.2) is 0 Å². The molecule has 220 valence electrons. The summed E-state index contributed by atoms with van der Waals surface area (Å²) in [6.45, 7) is 1.83. The molecule has 0 bridgehead atoms. The Labute approximate surface area is 221 Å². The van der Waals surface area contributed by atoms with E-state index in [4.69, 9.17) is 24.4 Å². The number of carbonyl (C=O) groups is 1. The monoisotopic (exact) mass is 556 g/mol. The fraction of sp³-hybridized carbons (Fsp3) is 0.960. The lowest BCUT2D eigenvalue weighted by Gasteiger charge is -2.41. The van der Waals surface area contributed by atoms with Gasteiger partial charge in [-0.1, -0.05) is 103 Å². The van der Waals surface area contributed by atoms with E-state index in [-0.39, 0.29) is 6.61 Å². The van der Waals surface area contributed by atoms with Crippen LogP contribution in [0.3, 0.4) is 0 Å². The highest BCUT2D eigenvalue weighted by molar-refractivity contribution is 7.46. The molecular formula is C25H49O11P. The van der Waals surface area contributed by atoms with E-state index >= 15 is 0 Å².